The number of hydrogen-bond donors (Lipinski definition) is 1. The SMILES string of the molecule is CNCCN(C)C(=O)C(C)SCc1ncc(-c2ccc(Cl)cc2)o1. The van der Waals surface area contributed by atoms with Crippen molar-refractivity contribution in [1.82, 2.24) is 15.2 Å². The Bertz CT molecular complexity index is 660. The quantitative estimate of drug-likeness (QED) is 0.775. The molecule has 1 amide bonds. The lowest BCUT2D eigenvalue weighted by atomic mass is 10.2. The highest BCUT2D eigenvalue weighted by atomic mass is 35.5. The number of likely N-dealkylation sites (N-methyl/N-ethyl adjacent to an activating group) is 2. The van der Waals surface area contributed by atoms with Gasteiger partial charge in [0.15, 0.2) is 5.76 Å². The van der Waals surface area contributed by atoms with Crippen molar-refractivity contribution in [3.8, 4) is 11.3 Å². The van der Waals surface area contributed by atoms with E-state index in [0.29, 0.717) is 29.0 Å². The van der Waals surface area contributed by atoms with Crippen molar-refractivity contribution >= 4 is 29.3 Å². The second kappa shape index (κ2) is 9.11. The predicted molar refractivity (Wildman–Crippen MR) is 99.3 cm³/mol. The number of halogens is 1. The molecule has 0 spiro atoms. The van der Waals surface area contributed by atoms with Crippen LogP contribution < -0.4 is 5.32 Å². The van der Waals surface area contributed by atoms with Gasteiger partial charge < -0.3 is 14.6 Å². The first-order valence-electron chi connectivity index (χ1n) is 7.73. The third kappa shape index (κ3) is 5.26. The Hall–Kier alpha value is -1.50. The molecule has 0 saturated heterocycles. The topological polar surface area (TPSA) is 58.4 Å². The first kappa shape index (κ1) is 18.8. The van der Waals surface area contributed by atoms with Crippen molar-refractivity contribution in [1.29, 1.82) is 0 Å². The Balaban J connectivity index is 1.88. The van der Waals surface area contributed by atoms with E-state index in [0.717, 1.165) is 12.1 Å². The first-order chi connectivity index (χ1) is 11.5. The largest absolute Gasteiger partial charge is 0.440 e. The minimum Gasteiger partial charge on any atom is -0.440 e. The van der Waals surface area contributed by atoms with E-state index in [9.17, 15) is 4.79 Å². The zero-order valence-electron chi connectivity index (χ0n) is 14.1. The molecular formula is C17H22ClN3O2S. The van der Waals surface area contributed by atoms with Gasteiger partial charge in [-0.2, -0.15) is 0 Å². The summed E-state index contributed by atoms with van der Waals surface area (Å²) in [4.78, 5) is 18.3. The molecule has 5 nitrogen and oxygen atoms in total. The van der Waals surface area contributed by atoms with Crippen LogP contribution in [0.4, 0.5) is 0 Å². The highest BCUT2D eigenvalue weighted by Crippen LogP contribution is 2.25. The molecule has 1 aromatic carbocycles. The Morgan fingerprint density at radius 3 is 2.79 bits per heavy atom. The van der Waals surface area contributed by atoms with Gasteiger partial charge in [-0.25, -0.2) is 4.98 Å². The summed E-state index contributed by atoms with van der Waals surface area (Å²) in [6, 6.07) is 7.41. The van der Waals surface area contributed by atoms with Gasteiger partial charge in [-0.15, -0.1) is 11.8 Å². The zero-order valence-corrected chi connectivity index (χ0v) is 15.7. The maximum absolute atomic E-state index is 12.2. The molecule has 1 N–H and O–H groups in total. The molecule has 2 aromatic rings. The lowest BCUT2D eigenvalue weighted by Crippen LogP contribution is -2.37. The van der Waals surface area contributed by atoms with Crippen molar-refractivity contribution in [2.24, 2.45) is 0 Å². The minimum absolute atomic E-state index is 0.111. The molecule has 0 fully saturated rings. The molecule has 2 rings (SSSR count). The van der Waals surface area contributed by atoms with Crippen molar-refractivity contribution < 1.29 is 9.21 Å². The van der Waals surface area contributed by atoms with Crippen LogP contribution in [0.25, 0.3) is 11.3 Å². The van der Waals surface area contributed by atoms with E-state index in [1.165, 1.54) is 11.8 Å². The number of benzene rings is 1. The van der Waals surface area contributed by atoms with Gasteiger partial charge in [0.05, 0.1) is 17.2 Å². The number of nitrogens with one attached hydrogen (secondary N) is 1. The third-order valence-corrected chi connectivity index (χ3v) is 4.93. The van der Waals surface area contributed by atoms with E-state index in [1.807, 2.05) is 45.3 Å². The van der Waals surface area contributed by atoms with Gasteiger partial charge in [-0.3, -0.25) is 4.79 Å². The second-order valence-electron chi connectivity index (χ2n) is 5.44. The molecule has 1 unspecified atom stereocenters. The van der Waals surface area contributed by atoms with E-state index in [4.69, 9.17) is 16.0 Å². The number of carbonyl (C=O) groups excluding carboxylic acids is 1. The molecule has 1 aromatic heterocycles. The minimum atomic E-state index is -0.141. The summed E-state index contributed by atoms with van der Waals surface area (Å²) < 4.78 is 5.76. The van der Waals surface area contributed by atoms with Crippen molar-refractivity contribution in [2.75, 3.05) is 27.2 Å². The summed E-state index contributed by atoms with van der Waals surface area (Å²) in [7, 11) is 3.69. The molecule has 1 heterocycles. The summed E-state index contributed by atoms with van der Waals surface area (Å²) in [6.45, 7) is 3.38. The van der Waals surface area contributed by atoms with Crippen LogP contribution in [0.3, 0.4) is 0 Å². The highest BCUT2D eigenvalue weighted by molar-refractivity contribution is 7.99. The fourth-order valence-electron chi connectivity index (χ4n) is 2.09. The fraction of sp³-hybridized carbons (Fsp3) is 0.412. The summed E-state index contributed by atoms with van der Waals surface area (Å²) in [5.74, 6) is 1.98. The molecule has 130 valence electrons. The Kier molecular flexibility index (Phi) is 7.15. The fourth-order valence-corrected chi connectivity index (χ4v) is 3.07. The van der Waals surface area contributed by atoms with Gasteiger partial charge in [0, 0.05) is 30.7 Å². The van der Waals surface area contributed by atoms with E-state index in [2.05, 4.69) is 10.3 Å². The highest BCUT2D eigenvalue weighted by Gasteiger charge is 2.18. The van der Waals surface area contributed by atoms with Crippen LogP contribution in [0.1, 0.15) is 12.8 Å². The molecular weight excluding hydrogens is 346 g/mol. The normalized spacial score (nSPS) is 12.2. The Labute approximate surface area is 151 Å². The van der Waals surface area contributed by atoms with Crippen molar-refractivity contribution in [3.05, 3.63) is 41.4 Å². The van der Waals surface area contributed by atoms with Gasteiger partial charge in [0.2, 0.25) is 11.8 Å². The van der Waals surface area contributed by atoms with E-state index < -0.39 is 0 Å². The van der Waals surface area contributed by atoms with Crippen LogP contribution in [-0.4, -0.2) is 48.2 Å². The van der Waals surface area contributed by atoms with Crippen LogP contribution in [-0.2, 0) is 10.5 Å². The molecule has 1 atom stereocenters. The molecule has 24 heavy (non-hydrogen) atoms. The molecule has 7 heteroatoms. The summed E-state index contributed by atoms with van der Waals surface area (Å²) in [6.07, 6.45) is 1.70. The average Bonchev–Trinajstić information content (AvgIpc) is 3.06. The van der Waals surface area contributed by atoms with Crippen LogP contribution in [0.15, 0.2) is 34.9 Å². The van der Waals surface area contributed by atoms with Gasteiger partial charge in [0.1, 0.15) is 0 Å². The number of aromatic nitrogens is 1. The smallest absolute Gasteiger partial charge is 0.235 e. The summed E-state index contributed by atoms with van der Waals surface area (Å²) in [5, 5.41) is 3.58. The molecule has 0 aliphatic heterocycles. The zero-order chi connectivity index (χ0) is 17.5. The molecule has 0 aliphatic rings. The van der Waals surface area contributed by atoms with Crippen molar-refractivity contribution in [3.63, 3.8) is 0 Å². The molecule has 0 radical (unpaired) electrons. The van der Waals surface area contributed by atoms with Gasteiger partial charge >= 0.3 is 0 Å². The first-order valence-corrected chi connectivity index (χ1v) is 9.15. The average molecular weight is 368 g/mol. The molecule has 0 saturated carbocycles. The summed E-state index contributed by atoms with van der Waals surface area (Å²) >= 11 is 7.41. The maximum atomic E-state index is 12.2. The van der Waals surface area contributed by atoms with Gasteiger partial charge in [-0.05, 0) is 38.2 Å². The second-order valence-corrected chi connectivity index (χ2v) is 7.21. The predicted octanol–water partition coefficient (Wildman–Crippen LogP) is 3.29. The Morgan fingerprint density at radius 1 is 1.42 bits per heavy atom. The van der Waals surface area contributed by atoms with Crippen LogP contribution >= 0.6 is 23.4 Å². The number of nitrogens with zero attached hydrogens (tertiary/aromatic N) is 2. The van der Waals surface area contributed by atoms with Gasteiger partial charge in [0.25, 0.3) is 0 Å². The summed E-state index contributed by atoms with van der Waals surface area (Å²) in [5.41, 5.74) is 0.930. The number of hydrogen-bond acceptors (Lipinski definition) is 5. The lowest BCUT2D eigenvalue weighted by molar-refractivity contribution is -0.128. The maximum Gasteiger partial charge on any atom is 0.235 e. The number of thioether (sulfide) groups is 1. The van der Waals surface area contributed by atoms with E-state index >= 15 is 0 Å². The van der Waals surface area contributed by atoms with E-state index in [1.54, 1.807) is 11.1 Å². The standard InChI is InChI=1S/C17H22ClN3O2S/c1-12(17(22)21(3)9-8-19-2)24-11-16-20-10-15(23-16)13-4-6-14(18)7-5-13/h4-7,10,12,19H,8-9,11H2,1-3H3. The number of amides is 1. The van der Waals surface area contributed by atoms with Gasteiger partial charge in [-0.1, -0.05) is 11.6 Å². The molecule has 0 aliphatic carbocycles. The van der Waals surface area contributed by atoms with Crippen LogP contribution in [0, 0.1) is 0 Å². The van der Waals surface area contributed by atoms with Crippen LogP contribution in [0.5, 0.6) is 0 Å². The number of rotatable bonds is 8. The number of carbonyl (C=O) groups is 1. The van der Waals surface area contributed by atoms with Crippen LogP contribution in [0.2, 0.25) is 5.02 Å². The lowest BCUT2D eigenvalue weighted by Gasteiger charge is -2.20. The van der Waals surface area contributed by atoms with E-state index in [-0.39, 0.29) is 11.2 Å². The molecule has 0 bridgehead atoms. The van der Waals surface area contributed by atoms with Crippen molar-refractivity contribution in [2.45, 2.75) is 17.9 Å². The number of oxazole rings is 1. The third-order valence-electron chi connectivity index (χ3n) is 3.56. The Morgan fingerprint density at radius 2 is 2.12 bits per heavy atom. The monoisotopic (exact) mass is 367 g/mol.